The number of amides is 1. The van der Waals surface area contributed by atoms with E-state index in [-0.39, 0.29) is 11.9 Å². The van der Waals surface area contributed by atoms with Gasteiger partial charge in [0.2, 0.25) is 11.9 Å². The van der Waals surface area contributed by atoms with Gasteiger partial charge in [0.25, 0.3) is 0 Å². The number of ether oxygens (including phenoxy) is 1. The molecule has 4 aromatic rings. The average molecular weight is 416 g/mol. The van der Waals surface area contributed by atoms with Gasteiger partial charge in [-0.2, -0.15) is 4.52 Å². The Morgan fingerprint density at radius 1 is 1.16 bits per heavy atom. The van der Waals surface area contributed by atoms with Crippen LogP contribution in [-0.2, 0) is 4.79 Å². The number of para-hydroxylation sites is 1. The van der Waals surface area contributed by atoms with E-state index in [1.54, 1.807) is 11.6 Å². The first kappa shape index (κ1) is 19.3. The van der Waals surface area contributed by atoms with E-state index < -0.39 is 0 Å². The third-order valence-electron chi connectivity index (χ3n) is 5.67. The molecular formula is C23H24N6O2. The Balaban J connectivity index is 1.68. The molecule has 8 heteroatoms. The van der Waals surface area contributed by atoms with E-state index >= 15 is 0 Å². The zero-order chi connectivity index (χ0) is 21.4. The van der Waals surface area contributed by atoms with Crippen LogP contribution in [0.1, 0.15) is 24.8 Å². The number of aromatic nitrogens is 4. The zero-order valence-corrected chi connectivity index (χ0v) is 17.6. The predicted octanol–water partition coefficient (Wildman–Crippen LogP) is 3.34. The topological polar surface area (TPSA) is 93.4 Å². The van der Waals surface area contributed by atoms with Crippen LogP contribution in [0.25, 0.3) is 27.9 Å². The lowest BCUT2D eigenvalue weighted by Crippen LogP contribution is -2.38. The molecule has 1 atom stereocenters. The highest BCUT2D eigenvalue weighted by Gasteiger charge is 2.23. The predicted molar refractivity (Wildman–Crippen MR) is 119 cm³/mol. The van der Waals surface area contributed by atoms with Gasteiger partial charge in [-0.25, -0.2) is 9.97 Å². The lowest BCUT2D eigenvalue weighted by Gasteiger charge is -2.17. The number of carbonyl (C=O) groups excluding carboxylic acids is 1. The summed E-state index contributed by atoms with van der Waals surface area (Å²) in [4.78, 5) is 22.2. The lowest BCUT2D eigenvalue weighted by molar-refractivity contribution is -0.121. The SMILES string of the molecule is COc1cccc(-c2nc3c4cccc(C)c4nc(N[C@H]4CCCCNC4=O)n3n2)c1. The molecule has 2 aromatic carbocycles. The molecule has 0 saturated carbocycles. The number of carbonyl (C=O) groups is 1. The van der Waals surface area contributed by atoms with Gasteiger partial charge in [-0.15, -0.1) is 5.10 Å². The summed E-state index contributed by atoms with van der Waals surface area (Å²) in [7, 11) is 1.64. The van der Waals surface area contributed by atoms with Crippen molar-refractivity contribution in [2.24, 2.45) is 0 Å². The van der Waals surface area contributed by atoms with Crippen molar-refractivity contribution in [2.75, 3.05) is 19.0 Å². The number of benzene rings is 2. The number of methoxy groups -OCH3 is 1. The highest BCUT2D eigenvalue weighted by atomic mass is 16.5. The van der Waals surface area contributed by atoms with Crippen LogP contribution in [0.5, 0.6) is 5.75 Å². The molecule has 5 rings (SSSR count). The maximum Gasteiger partial charge on any atom is 0.242 e. The van der Waals surface area contributed by atoms with Crippen molar-refractivity contribution in [2.45, 2.75) is 32.2 Å². The molecule has 8 nitrogen and oxygen atoms in total. The summed E-state index contributed by atoms with van der Waals surface area (Å²) in [6.07, 6.45) is 2.70. The lowest BCUT2D eigenvalue weighted by atomic mass is 10.1. The first-order valence-electron chi connectivity index (χ1n) is 10.5. The molecule has 1 amide bonds. The summed E-state index contributed by atoms with van der Waals surface area (Å²) < 4.78 is 7.06. The highest BCUT2D eigenvalue weighted by Crippen LogP contribution is 2.28. The molecule has 2 aromatic heterocycles. The largest absolute Gasteiger partial charge is 0.497 e. The van der Waals surface area contributed by atoms with Gasteiger partial charge < -0.3 is 15.4 Å². The van der Waals surface area contributed by atoms with Crippen LogP contribution < -0.4 is 15.4 Å². The Hall–Kier alpha value is -3.68. The molecule has 1 aliphatic heterocycles. The van der Waals surface area contributed by atoms with Crippen molar-refractivity contribution in [3.8, 4) is 17.1 Å². The van der Waals surface area contributed by atoms with Crippen LogP contribution in [-0.4, -0.2) is 45.2 Å². The smallest absolute Gasteiger partial charge is 0.242 e. The average Bonchev–Trinajstić information content (AvgIpc) is 3.15. The number of hydrogen-bond donors (Lipinski definition) is 2. The minimum Gasteiger partial charge on any atom is -0.497 e. The maximum atomic E-state index is 12.5. The Bertz CT molecular complexity index is 1280. The molecule has 31 heavy (non-hydrogen) atoms. The molecule has 0 aliphatic carbocycles. The molecule has 0 bridgehead atoms. The van der Waals surface area contributed by atoms with Crippen molar-refractivity contribution >= 4 is 28.4 Å². The van der Waals surface area contributed by atoms with E-state index in [0.29, 0.717) is 24.0 Å². The van der Waals surface area contributed by atoms with E-state index in [9.17, 15) is 4.79 Å². The van der Waals surface area contributed by atoms with Crippen LogP contribution in [0.2, 0.25) is 0 Å². The number of anilines is 1. The number of fused-ring (bicyclic) bond motifs is 3. The van der Waals surface area contributed by atoms with Crippen LogP contribution in [0.3, 0.4) is 0 Å². The minimum absolute atomic E-state index is 0.00883. The van der Waals surface area contributed by atoms with Crippen molar-refractivity contribution < 1.29 is 9.53 Å². The van der Waals surface area contributed by atoms with Crippen molar-refractivity contribution in [3.63, 3.8) is 0 Å². The number of hydrogen-bond acceptors (Lipinski definition) is 6. The Morgan fingerprint density at radius 3 is 2.90 bits per heavy atom. The van der Waals surface area contributed by atoms with Crippen molar-refractivity contribution in [1.82, 2.24) is 24.9 Å². The van der Waals surface area contributed by atoms with Crippen molar-refractivity contribution in [3.05, 3.63) is 48.0 Å². The molecule has 0 radical (unpaired) electrons. The molecule has 1 fully saturated rings. The zero-order valence-electron chi connectivity index (χ0n) is 17.6. The van der Waals surface area contributed by atoms with Gasteiger partial charge in [-0.3, -0.25) is 4.79 Å². The van der Waals surface area contributed by atoms with Gasteiger partial charge in [0.05, 0.1) is 12.6 Å². The van der Waals surface area contributed by atoms with Crippen LogP contribution in [0.4, 0.5) is 5.95 Å². The molecule has 0 unspecified atom stereocenters. The number of aryl methyl sites for hydroxylation is 1. The Morgan fingerprint density at radius 2 is 2.03 bits per heavy atom. The molecule has 0 spiro atoms. The monoisotopic (exact) mass is 416 g/mol. The fourth-order valence-electron chi connectivity index (χ4n) is 3.99. The van der Waals surface area contributed by atoms with Gasteiger partial charge in [-0.05, 0) is 49.9 Å². The Kier molecular flexibility index (Phi) is 4.89. The van der Waals surface area contributed by atoms with E-state index in [0.717, 1.165) is 47.0 Å². The minimum atomic E-state index is -0.357. The quantitative estimate of drug-likeness (QED) is 0.530. The van der Waals surface area contributed by atoms with Crippen LogP contribution in [0.15, 0.2) is 42.5 Å². The number of nitrogens with zero attached hydrogens (tertiary/aromatic N) is 4. The summed E-state index contributed by atoms with van der Waals surface area (Å²) in [5, 5.41) is 12.0. The van der Waals surface area contributed by atoms with Crippen molar-refractivity contribution in [1.29, 1.82) is 0 Å². The van der Waals surface area contributed by atoms with Crippen LogP contribution in [0, 0.1) is 6.92 Å². The second-order valence-electron chi connectivity index (χ2n) is 7.79. The third kappa shape index (κ3) is 3.54. The standard InChI is InChI=1S/C23H24N6O2/c1-14-7-5-10-17-19(14)26-23(25-18-11-3-4-12-24-22(18)30)29-21(17)27-20(28-29)15-8-6-9-16(13-15)31-2/h5-10,13,18H,3-4,11-12H2,1-2H3,(H,24,30)(H,25,26)/t18-/m0/s1. The normalized spacial score (nSPS) is 16.8. The molecule has 1 saturated heterocycles. The summed E-state index contributed by atoms with van der Waals surface area (Å²) in [6.45, 7) is 2.73. The first-order chi connectivity index (χ1) is 15.1. The van der Waals surface area contributed by atoms with Gasteiger partial charge in [0, 0.05) is 17.5 Å². The van der Waals surface area contributed by atoms with E-state index in [1.807, 2.05) is 49.4 Å². The fourth-order valence-corrected chi connectivity index (χ4v) is 3.99. The highest BCUT2D eigenvalue weighted by molar-refractivity contribution is 5.95. The summed E-state index contributed by atoms with van der Waals surface area (Å²) >= 11 is 0. The van der Waals surface area contributed by atoms with Gasteiger partial charge >= 0.3 is 0 Å². The molecule has 1 aliphatic rings. The van der Waals surface area contributed by atoms with Gasteiger partial charge in [0.15, 0.2) is 11.5 Å². The first-order valence-corrected chi connectivity index (χ1v) is 10.5. The van der Waals surface area contributed by atoms with E-state index in [4.69, 9.17) is 19.8 Å². The van der Waals surface area contributed by atoms with E-state index in [2.05, 4.69) is 10.6 Å². The maximum absolute atomic E-state index is 12.5. The summed E-state index contributed by atoms with van der Waals surface area (Å²) in [5.74, 6) is 1.82. The van der Waals surface area contributed by atoms with Gasteiger partial charge in [0.1, 0.15) is 11.8 Å². The fraction of sp³-hybridized carbons (Fsp3) is 0.304. The molecule has 2 N–H and O–H groups in total. The third-order valence-corrected chi connectivity index (χ3v) is 5.67. The molecule has 158 valence electrons. The number of nitrogens with one attached hydrogen (secondary N) is 2. The molecule has 3 heterocycles. The Labute approximate surface area is 179 Å². The van der Waals surface area contributed by atoms with Gasteiger partial charge in [-0.1, -0.05) is 24.3 Å². The van der Waals surface area contributed by atoms with E-state index in [1.165, 1.54) is 0 Å². The molecular weight excluding hydrogens is 392 g/mol. The number of rotatable bonds is 4. The van der Waals surface area contributed by atoms with Crippen LogP contribution >= 0.6 is 0 Å². The summed E-state index contributed by atoms with van der Waals surface area (Å²) in [6, 6.07) is 13.3. The summed E-state index contributed by atoms with van der Waals surface area (Å²) in [5.41, 5.74) is 3.43. The second kappa shape index (κ2) is 7.86. The second-order valence-corrected chi connectivity index (χ2v) is 7.79.